The molecule has 0 bridgehead atoms. The molecule has 0 heterocycles. The van der Waals surface area contributed by atoms with Gasteiger partial charge in [0.15, 0.2) is 11.5 Å². The highest BCUT2D eigenvalue weighted by Gasteiger charge is 2.22. The molecule has 0 spiro atoms. The van der Waals surface area contributed by atoms with E-state index < -0.39 is 4.92 Å². The lowest BCUT2D eigenvalue weighted by molar-refractivity contribution is -0.387. The van der Waals surface area contributed by atoms with Crippen molar-refractivity contribution in [1.82, 2.24) is 9.80 Å². The van der Waals surface area contributed by atoms with E-state index in [2.05, 4.69) is 10.6 Å². The van der Waals surface area contributed by atoms with E-state index in [0.717, 1.165) is 42.8 Å². The third-order valence-corrected chi connectivity index (χ3v) is 8.76. The third-order valence-electron chi connectivity index (χ3n) is 6.73. The summed E-state index contributed by atoms with van der Waals surface area (Å²) in [6.45, 7) is 11.5. The number of nitro groups is 1. The standard InChI is InChI=1S/C31H39N5O6S2/c1-5-34(6-2)19-30(38)32-22-13-9-11-15-27(22)43-21-42-26-17-24(36(40)41)29(18-25(26)37)44-28-16-12-10-14-23(28)33-31(39)20-35(7-3)8-4/h9-18,37H,5-8,19-21H2,1-4H3,(H,32,38)(H,33,39). The van der Waals surface area contributed by atoms with Gasteiger partial charge in [0.25, 0.3) is 5.69 Å². The van der Waals surface area contributed by atoms with Crippen molar-refractivity contribution in [2.45, 2.75) is 42.4 Å². The average molecular weight is 642 g/mol. The number of thioether (sulfide) groups is 1. The summed E-state index contributed by atoms with van der Waals surface area (Å²) < 4.78 is 5.75. The number of benzene rings is 3. The van der Waals surface area contributed by atoms with Crippen molar-refractivity contribution in [2.75, 3.05) is 55.8 Å². The molecule has 0 aliphatic heterocycles. The number of rotatable bonds is 17. The van der Waals surface area contributed by atoms with Crippen LogP contribution in [0.4, 0.5) is 17.1 Å². The van der Waals surface area contributed by atoms with Crippen molar-refractivity contribution in [3.05, 3.63) is 70.8 Å². The highest BCUT2D eigenvalue weighted by atomic mass is 32.2. The monoisotopic (exact) mass is 641 g/mol. The number of nitro benzene ring substituents is 1. The van der Waals surface area contributed by atoms with E-state index in [4.69, 9.17) is 4.74 Å². The van der Waals surface area contributed by atoms with Crippen molar-refractivity contribution in [3.8, 4) is 11.5 Å². The highest BCUT2D eigenvalue weighted by Crippen LogP contribution is 2.44. The van der Waals surface area contributed by atoms with Gasteiger partial charge in [-0.1, -0.05) is 75.5 Å². The first kappa shape index (κ1) is 34.7. The summed E-state index contributed by atoms with van der Waals surface area (Å²) >= 11 is 2.34. The predicted octanol–water partition coefficient (Wildman–Crippen LogP) is 6.14. The fourth-order valence-electron chi connectivity index (χ4n) is 4.19. The zero-order chi connectivity index (χ0) is 32.1. The van der Waals surface area contributed by atoms with Crippen LogP contribution in [0.3, 0.4) is 0 Å². The molecule has 236 valence electrons. The molecule has 0 unspecified atom stereocenters. The summed E-state index contributed by atoms with van der Waals surface area (Å²) in [5, 5.41) is 28.6. The van der Waals surface area contributed by atoms with Crippen LogP contribution in [0.15, 0.2) is 75.4 Å². The van der Waals surface area contributed by atoms with Gasteiger partial charge in [-0.05, 0) is 50.4 Å². The largest absolute Gasteiger partial charge is 0.504 e. The number of hydrogen-bond donors (Lipinski definition) is 3. The fourth-order valence-corrected chi connectivity index (χ4v) is 5.97. The van der Waals surface area contributed by atoms with E-state index in [1.807, 2.05) is 55.7 Å². The number of amides is 2. The van der Waals surface area contributed by atoms with E-state index in [0.29, 0.717) is 16.3 Å². The Balaban J connectivity index is 1.72. The molecule has 13 heteroatoms. The van der Waals surface area contributed by atoms with E-state index in [-0.39, 0.29) is 52.9 Å². The number of anilines is 2. The number of phenols is 1. The molecule has 0 saturated heterocycles. The number of carbonyl (C=O) groups is 2. The van der Waals surface area contributed by atoms with Crippen molar-refractivity contribution >= 4 is 52.4 Å². The number of para-hydroxylation sites is 2. The molecule has 3 N–H and O–H groups in total. The van der Waals surface area contributed by atoms with Crippen LogP contribution >= 0.6 is 23.5 Å². The minimum atomic E-state index is -0.538. The van der Waals surface area contributed by atoms with Gasteiger partial charge in [-0.15, -0.1) is 0 Å². The molecule has 3 aromatic carbocycles. The normalized spacial score (nSPS) is 11.0. The summed E-state index contributed by atoms with van der Waals surface area (Å²) in [7, 11) is 0. The maximum Gasteiger partial charge on any atom is 0.287 e. The number of likely N-dealkylation sites (N-methyl/N-ethyl adjacent to an activating group) is 2. The molecule has 2 amide bonds. The molecule has 0 saturated carbocycles. The van der Waals surface area contributed by atoms with Crippen molar-refractivity contribution in [3.63, 3.8) is 0 Å². The lowest BCUT2D eigenvalue weighted by Gasteiger charge is -2.18. The van der Waals surface area contributed by atoms with Crippen LogP contribution in [0.25, 0.3) is 0 Å². The van der Waals surface area contributed by atoms with Gasteiger partial charge in [-0.25, -0.2) is 0 Å². The number of nitrogens with zero attached hydrogens (tertiary/aromatic N) is 3. The number of aromatic hydroxyl groups is 1. The Morgan fingerprint density at radius 1 is 0.818 bits per heavy atom. The first-order valence-electron chi connectivity index (χ1n) is 14.4. The quantitative estimate of drug-likeness (QED) is 0.0682. The van der Waals surface area contributed by atoms with E-state index in [1.54, 1.807) is 30.3 Å². The molecule has 0 radical (unpaired) electrons. The highest BCUT2D eigenvalue weighted by molar-refractivity contribution is 7.99. The second kappa shape index (κ2) is 17.5. The summed E-state index contributed by atoms with van der Waals surface area (Å²) in [5.74, 6) is -0.596. The second-order valence-electron chi connectivity index (χ2n) is 9.56. The van der Waals surface area contributed by atoms with Crippen LogP contribution in [0.1, 0.15) is 27.7 Å². The van der Waals surface area contributed by atoms with Gasteiger partial charge in [0.05, 0.1) is 40.3 Å². The Morgan fingerprint density at radius 2 is 1.32 bits per heavy atom. The SMILES string of the molecule is CCN(CC)CC(=O)Nc1ccccc1SCOc1cc([N+](=O)[O-])c(Sc2ccccc2NC(=O)CN(CC)CC)cc1O. The number of nitrogens with one attached hydrogen (secondary N) is 2. The maximum atomic E-state index is 12.6. The van der Waals surface area contributed by atoms with Gasteiger partial charge in [0, 0.05) is 15.9 Å². The second-order valence-corrected chi connectivity index (χ2v) is 11.6. The number of ether oxygens (including phenoxy) is 1. The van der Waals surface area contributed by atoms with Crippen molar-refractivity contribution in [1.29, 1.82) is 0 Å². The summed E-state index contributed by atoms with van der Waals surface area (Å²) in [6, 6.07) is 16.8. The van der Waals surface area contributed by atoms with Gasteiger partial charge in [-0.3, -0.25) is 29.5 Å². The summed E-state index contributed by atoms with van der Waals surface area (Å²) in [5.41, 5.74) is 0.896. The number of hydrogen-bond acceptors (Lipinski definition) is 10. The fraction of sp³-hybridized carbons (Fsp3) is 0.355. The molecule has 0 aromatic heterocycles. The molecule has 0 aliphatic carbocycles. The van der Waals surface area contributed by atoms with Crippen LogP contribution in [-0.2, 0) is 9.59 Å². The predicted molar refractivity (Wildman–Crippen MR) is 176 cm³/mol. The maximum absolute atomic E-state index is 12.6. The smallest absolute Gasteiger partial charge is 0.287 e. The lowest BCUT2D eigenvalue weighted by atomic mass is 10.3. The number of phenolic OH excluding ortho intramolecular Hbond substituents is 1. The lowest BCUT2D eigenvalue weighted by Crippen LogP contribution is -2.33. The Hall–Kier alpha value is -3.78. The van der Waals surface area contributed by atoms with Gasteiger partial charge in [-0.2, -0.15) is 0 Å². The van der Waals surface area contributed by atoms with Crippen LogP contribution in [0, 0.1) is 10.1 Å². The minimum Gasteiger partial charge on any atom is -0.504 e. The zero-order valence-electron chi connectivity index (χ0n) is 25.4. The molecular weight excluding hydrogens is 603 g/mol. The van der Waals surface area contributed by atoms with Gasteiger partial charge >= 0.3 is 0 Å². The van der Waals surface area contributed by atoms with E-state index in [9.17, 15) is 24.8 Å². The first-order valence-corrected chi connectivity index (χ1v) is 16.2. The number of carbonyl (C=O) groups excluding carboxylic acids is 2. The van der Waals surface area contributed by atoms with Gasteiger partial charge in [0.1, 0.15) is 5.94 Å². The third kappa shape index (κ3) is 10.2. The zero-order valence-corrected chi connectivity index (χ0v) is 27.0. The Kier molecular flexibility index (Phi) is 13.8. The van der Waals surface area contributed by atoms with Crippen LogP contribution in [-0.4, -0.2) is 76.9 Å². The van der Waals surface area contributed by atoms with Gasteiger partial charge < -0.3 is 20.5 Å². The van der Waals surface area contributed by atoms with Gasteiger partial charge in [0.2, 0.25) is 11.8 Å². The molecule has 3 aromatic rings. The van der Waals surface area contributed by atoms with Crippen LogP contribution in [0.5, 0.6) is 11.5 Å². The molecule has 11 nitrogen and oxygen atoms in total. The van der Waals surface area contributed by atoms with E-state index >= 15 is 0 Å². The molecule has 3 rings (SSSR count). The minimum absolute atomic E-state index is 0.0293. The molecule has 0 fully saturated rings. The van der Waals surface area contributed by atoms with E-state index in [1.165, 1.54) is 23.9 Å². The Morgan fingerprint density at radius 3 is 1.84 bits per heavy atom. The summed E-state index contributed by atoms with van der Waals surface area (Å²) in [4.78, 5) is 42.1. The molecule has 44 heavy (non-hydrogen) atoms. The Bertz CT molecular complexity index is 1430. The van der Waals surface area contributed by atoms with Crippen LogP contribution < -0.4 is 15.4 Å². The topological polar surface area (TPSA) is 137 Å². The molecule has 0 aliphatic rings. The first-order chi connectivity index (χ1) is 21.2. The van der Waals surface area contributed by atoms with Crippen molar-refractivity contribution in [2.24, 2.45) is 0 Å². The van der Waals surface area contributed by atoms with Crippen molar-refractivity contribution < 1.29 is 24.4 Å². The summed E-state index contributed by atoms with van der Waals surface area (Å²) in [6.07, 6.45) is 0. The molecular formula is C31H39N5O6S2. The van der Waals surface area contributed by atoms with Crippen LogP contribution in [0.2, 0.25) is 0 Å². The average Bonchev–Trinajstić information content (AvgIpc) is 3.01. The Labute approximate surface area is 266 Å². The molecule has 0 atom stereocenters.